The van der Waals surface area contributed by atoms with Crippen LogP contribution in [0.15, 0.2) is 30.5 Å². The summed E-state index contributed by atoms with van der Waals surface area (Å²) >= 11 is 5.22. The highest BCUT2D eigenvalue weighted by Gasteiger charge is 2.03. The van der Waals surface area contributed by atoms with E-state index < -0.39 is 0 Å². The van der Waals surface area contributed by atoms with Crippen LogP contribution in [-0.4, -0.2) is 9.55 Å². The van der Waals surface area contributed by atoms with E-state index in [0.717, 1.165) is 16.2 Å². The minimum atomic E-state index is 0.747. The average Bonchev–Trinajstić information content (AvgIpc) is 2.48. The van der Waals surface area contributed by atoms with Crippen molar-refractivity contribution in [2.45, 2.75) is 13.8 Å². The van der Waals surface area contributed by atoms with Gasteiger partial charge in [-0.05, 0) is 37.7 Å². The molecule has 2 aromatic rings. The SMILES string of the molecule is Cc1ccccc1-n1c(C)c[nH]c1=S. The van der Waals surface area contributed by atoms with Gasteiger partial charge >= 0.3 is 0 Å². The molecule has 0 unspecified atom stereocenters. The third kappa shape index (κ3) is 1.40. The van der Waals surface area contributed by atoms with E-state index >= 15 is 0 Å². The first-order chi connectivity index (χ1) is 6.70. The van der Waals surface area contributed by atoms with Gasteiger partial charge in [0.05, 0.1) is 5.69 Å². The number of nitrogens with one attached hydrogen (secondary N) is 1. The molecule has 2 nitrogen and oxygen atoms in total. The average molecular weight is 204 g/mol. The lowest BCUT2D eigenvalue weighted by Crippen LogP contribution is -1.98. The molecule has 0 aliphatic rings. The van der Waals surface area contributed by atoms with Crippen LogP contribution in [0, 0.1) is 18.6 Å². The third-order valence-electron chi connectivity index (χ3n) is 2.32. The fourth-order valence-electron chi connectivity index (χ4n) is 1.57. The van der Waals surface area contributed by atoms with E-state index in [0.29, 0.717) is 0 Å². The molecule has 0 saturated carbocycles. The van der Waals surface area contributed by atoms with E-state index in [4.69, 9.17) is 12.2 Å². The number of hydrogen-bond acceptors (Lipinski definition) is 1. The minimum absolute atomic E-state index is 0.747. The van der Waals surface area contributed by atoms with E-state index in [9.17, 15) is 0 Å². The van der Waals surface area contributed by atoms with Crippen molar-refractivity contribution in [2.24, 2.45) is 0 Å². The van der Waals surface area contributed by atoms with Crippen LogP contribution >= 0.6 is 12.2 Å². The minimum Gasteiger partial charge on any atom is -0.337 e. The first-order valence-corrected chi connectivity index (χ1v) is 4.94. The molecule has 0 aliphatic heterocycles. The maximum atomic E-state index is 5.22. The molecular weight excluding hydrogens is 192 g/mol. The molecule has 0 spiro atoms. The Balaban J connectivity index is 2.72. The molecule has 1 N–H and O–H groups in total. The first kappa shape index (κ1) is 9.21. The smallest absolute Gasteiger partial charge is 0.182 e. The van der Waals surface area contributed by atoms with Gasteiger partial charge in [-0.1, -0.05) is 18.2 Å². The number of para-hydroxylation sites is 1. The number of imidazole rings is 1. The van der Waals surface area contributed by atoms with Gasteiger partial charge in [-0.15, -0.1) is 0 Å². The molecule has 0 atom stereocenters. The third-order valence-corrected chi connectivity index (χ3v) is 2.62. The predicted octanol–water partition coefficient (Wildman–Crippen LogP) is 3.15. The Bertz CT molecular complexity index is 508. The van der Waals surface area contributed by atoms with Gasteiger partial charge in [0.25, 0.3) is 0 Å². The largest absolute Gasteiger partial charge is 0.337 e. The summed E-state index contributed by atoms with van der Waals surface area (Å²) in [5, 5.41) is 0. The van der Waals surface area contributed by atoms with Gasteiger partial charge < -0.3 is 4.98 Å². The predicted molar refractivity (Wildman–Crippen MR) is 60.4 cm³/mol. The van der Waals surface area contributed by atoms with Gasteiger partial charge in [-0.3, -0.25) is 4.57 Å². The van der Waals surface area contributed by atoms with Gasteiger partial charge in [0.2, 0.25) is 0 Å². The zero-order valence-electron chi connectivity index (χ0n) is 8.24. The van der Waals surface area contributed by atoms with Crippen LogP contribution in [0.5, 0.6) is 0 Å². The van der Waals surface area contributed by atoms with E-state index in [1.165, 1.54) is 5.56 Å². The Morgan fingerprint density at radius 1 is 1.21 bits per heavy atom. The Morgan fingerprint density at radius 2 is 1.93 bits per heavy atom. The monoisotopic (exact) mass is 204 g/mol. The summed E-state index contributed by atoms with van der Waals surface area (Å²) in [6.45, 7) is 4.13. The van der Waals surface area contributed by atoms with Crippen LogP contribution in [0.1, 0.15) is 11.3 Å². The van der Waals surface area contributed by atoms with Crippen molar-refractivity contribution in [3.63, 3.8) is 0 Å². The Kier molecular flexibility index (Phi) is 2.25. The molecule has 0 amide bonds. The van der Waals surface area contributed by atoms with E-state index in [1.54, 1.807) is 0 Å². The molecule has 0 radical (unpaired) electrons. The molecule has 1 heterocycles. The fourth-order valence-corrected chi connectivity index (χ4v) is 1.87. The molecule has 0 fully saturated rings. The zero-order valence-corrected chi connectivity index (χ0v) is 9.06. The highest BCUT2D eigenvalue weighted by molar-refractivity contribution is 7.71. The molecule has 0 saturated heterocycles. The topological polar surface area (TPSA) is 20.7 Å². The summed E-state index contributed by atoms with van der Waals surface area (Å²) in [6, 6.07) is 8.22. The first-order valence-electron chi connectivity index (χ1n) is 4.53. The van der Waals surface area contributed by atoms with Crippen LogP contribution in [0.25, 0.3) is 5.69 Å². The number of benzene rings is 1. The van der Waals surface area contributed by atoms with Gasteiger partial charge in [-0.25, -0.2) is 0 Å². The fraction of sp³-hybridized carbons (Fsp3) is 0.182. The summed E-state index contributed by atoms with van der Waals surface area (Å²) in [6.07, 6.45) is 1.93. The number of aromatic amines is 1. The number of nitrogens with zero attached hydrogens (tertiary/aromatic N) is 1. The molecule has 14 heavy (non-hydrogen) atoms. The normalized spacial score (nSPS) is 10.4. The molecule has 0 bridgehead atoms. The molecule has 2 rings (SSSR count). The molecular formula is C11H12N2S. The van der Waals surface area contributed by atoms with Crippen molar-refractivity contribution >= 4 is 12.2 Å². The number of H-pyrrole nitrogens is 1. The summed E-state index contributed by atoms with van der Waals surface area (Å²) in [4.78, 5) is 3.04. The summed E-state index contributed by atoms with van der Waals surface area (Å²) in [7, 11) is 0. The maximum absolute atomic E-state index is 5.22. The van der Waals surface area contributed by atoms with E-state index in [1.807, 2.05) is 29.8 Å². The van der Waals surface area contributed by atoms with Gasteiger partial charge in [-0.2, -0.15) is 0 Å². The number of aryl methyl sites for hydroxylation is 2. The lowest BCUT2D eigenvalue weighted by Gasteiger charge is -2.08. The standard InChI is InChI=1S/C11H12N2S/c1-8-5-3-4-6-10(8)13-9(2)7-12-11(13)14/h3-7H,1-2H3,(H,12,14). The Hall–Kier alpha value is -1.35. The van der Waals surface area contributed by atoms with Crippen molar-refractivity contribution in [3.05, 3.63) is 46.5 Å². The van der Waals surface area contributed by atoms with E-state index in [-0.39, 0.29) is 0 Å². The van der Waals surface area contributed by atoms with Crippen molar-refractivity contribution in [3.8, 4) is 5.69 Å². The summed E-state index contributed by atoms with van der Waals surface area (Å²) < 4.78 is 2.79. The van der Waals surface area contributed by atoms with Crippen molar-refractivity contribution in [1.29, 1.82) is 0 Å². The zero-order chi connectivity index (χ0) is 10.1. The maximum Gasteiger partial charge on any atom is 0.182 e. The molecule has 3 heteroatoms. The van der Waals surface area contributed by atoms with Crippen LogP contribution in [0.2, 0.25) is 0 Å². The highest BCUT2D eigenvalue weighted by Crippen LogP contribution is 2.15. The second kappa shape index (κ2) is 3.42. The lowest BCUT2D eigenvalue weighted by atomic mass is 10.2. The molecule has 0 aliphatic carbocycles. The molecule has 72 valence electrons. The van der Waals surface area contributed by atoms with Crippen molar-refractivity contribution < 1.29 is 0 Å². The number of hydrogen-bond donors (Lipinski definition) is 1. The van der Waals surface area contributed by atoms with E-state index in [2.05, 4.69) is 24.0 Å². The van der Waals surface area contributed by atoms with Gasteiger partial charge in [0, 0.05) is 11.9 Å². The van der Waals surface area contributed by atoms with Crippen molar-refractivity contribution in [1.82, 2.24) is 9.55 Å². The number of rotatable bonds is 1. The summed E-state index contributed by atoms with van der Waals surface area (Å²) in [5.74, 6) is 0. The Morgan fingerprint density at radius 3 is 2.50 bits per heavy atom. The molecule has 1 aromatic heterocycles. The lowest BCUT2D eigenvalue weighted by molar-refractivity contribution is 0.973. The van der Waals surface area contributed by atoms with Crippen LogP contribution in [-0.2, 0) is 0 Å². The van der Waals surface area contributed by atoms with Crippen LogP contribution in [0.3, 0.4) is 0 Å². The second-order valence-electron chi connectivity index (χ2n) is 3.36. The van der Waals surface area contributed by atoms with Crippen LogP contribution in [0.4, 0.5) is 0 Å². The second-order valence-corrected chi connectivity index (χ2v) is 3.74. The number of aromatic nitrogens is 2. The van der Waals surface area contributed by atoms with Crippen molar-refractivity contribution in [2.75, 3.05) is 0 Å². The van der Waals surface area contributed by atoms with Gasteiger partial charge in [0.1, 0.15) is 0 Å². The van der Waals surface area contributed by atoms with Gasteiger partial charge in [0.15, 0.2) is 4.77 Å². The Labute approximate surface area is 88.2 Å². The molecule has 1 aromatic carbocycles. The summed E-state index contributed by atoms with van der Waals surface area (Å²) in [5.41, 5.74) is 3.51. The highest BCUT2D eigenvalue weighted by atomic mass is 32.1. The quantitative estimate of drug-likeness (QED) is 0.708. The van der Waals surface area contributed by atoms with Crippen LogP contribution < -0.4 is 0 Å².